The number of hydrogen-bond acceptors (Lipinski definition) is 4. The molecule has 2 heterocycles. The van der Waals surface area contributed by atoms with Crippen LogP contribution in [0.15, 0.2) is 12.1 Å². The Labute approximate surface area is 121 Å². The van der Waals surface area contributed by atoms with Gasteiger partial charge in [0.2, 0.25) is 5.88 Å². The zero-order chi connectivity index (χ0) is 14.4. The molecule has 0 aromatic carbocycles. The van der Waals surface area contributed by atoms with Crippen LogP contribution in [0, 0.1) is 5.92 Å². The predicted molar refractivity (Wildman–Crippen MR) is 80.0 cm³/mol. The van der Waals surface area contributed by atoms with Gasteiger partial charge in [0, 0.05) is 18.3 Å². The van der Waals surface area contributed by atoms with Crippen molar-refractivity contribution in [2.24, 2.45) is 5.92 Å². The minimum Gasteiger partial charge on any atom is -0.469 e. The maximum absolute atomic E-state index is 5.84. The van der Waals surface area contributed by atoms with Gasteiger partial charge in [-0.2, -0.15) is 0 Å². The third-order valence-corrected chi connectivity index (χ3v) is 3.20. The summed E-state index contributed by atoms with van der Waals surface area (Å²) in [6.45, 7) is 9.86. The quantitative estimate of drug-likeness (QED) is 0.793. The summed E-state index contributed by atoms with van der Waals surface area (Å²) >= 11 is 0. The fraction of sp³-hybridized carbons (Fsp3) is 0.688. The molecule has 112 valence electrons. The fourth-order valence-corrected chi connectivity index (χ4v) is 2.13. The molecule has 1 saturated heterocycles. The second-order valence-electron chi connectivity index (χ2n) is 5.86. The maximum Gasteiger partial charge on any atom is 0.214 e. The number of nitrogens with zero attached hydrogens (tertiary/aromatic N) is 1. The van der Waals surface area contributed by atoms with Crippen LogP contribution < -0.4 is 10.1 Å². The SMILES string of the molecule is CCCc1cc(CNCC(C)C)cc(OC2COC2)n1. The molecular weight excluding hydrogens is 252 g/mol. The molecule has 4 nitrogen and oxygen atoms in total. The van der Waals surface area contributed by atoms with Gasteiger partial charge in [0.25, 0.3) is 0 Å². The number of ether oxygens (including phenoxy) is 2. The highest BCUT2D eigenvalue weighted by Gasteiger charge is 2.21. The number of hydrogen-bond donors (Lipinski definition) is 1. The lowest BCUT2D eigenvalue weighted by Gasteiger charge is -2.26. The number of rotatable bonds is 8. The van der Waals surface area contributed by atoms with E-state index in [0.717, 1.165) is 37.5 Å². The Hall–Kier alpha value is -1.13. The van der Waals surface area contributed by atoms with Crippen molar-refractivity contribution < 1.29 is 9.47 Å². The Kier molecular flexibility index (Phi) is 5.80. The Bertz CT molecular complexity index is 417. The van der Waals surface area contributed by atoms with Crippen LogP contribution in [-0.4, -0.2) is 30.8 Å². The van der Waals surface area contributed by atoms with Crippen molar-refractivity contribution in [1.82, 2.24) is 10.3 Å². The summed E-state index contributed by atoms with van der Waals surface area (Å²) in [5, 5.41) is 3.47. The molecule has 4 heteroatoms. The van der Waals surface area contributed by atoms with Gasteiger partial charge in [0.15, 0.2) is 0 Å². The summed E-state index contributed by atoms with van der Waals surface area (Å²) in [4.78, 5) is 4.58. The monoisotopic (exact) mass is 278 g/mol. The van der Waals surface area contributed by atoms with Gasteiger partial charge in [-0.15, -0.1) is 0 Å². The van der Waals surface area contributed by atoms with Crippen LogP contribution in [0.3, 0.4) is 0 Å². The van der Waals surface area contributed by atoms with E-state index >= 15 is 0 Å². The summed E-state index contributed by atoms with van der Waals surface area (Å²) in [5.74, 6) is 1.40. The van der Waals surface area contributed by atoms with Crippen molar-refractivity contribution >= 4 is 0 Å². The van der Waals surface area contributed by atoms with Gasteiger partial charge in [-0.3, -0.25) is 0 Å². The average molecular weight is 278 g/mol. The van der Waals surface area contributed by atoms with E-state index in [1.807, 2.05) is 6.07 Å². The molecule has 0 spiro atoms. The standard InChI is InChI=1S/C16H26N2O2/c1-4-5-14-6-13(9-17-8-12(2)3)7-16(18-14)20-15-10-19-11-15/h6-7,12,15,17H,4-5,8-11H2,1-3H3. The van der Waals surface area contributed by atoms with E-state index in [-0.39, 0.29) is 6.10 Å². The van der Waals surface area contributed by atoms with Gasteiger partial charge >= 0.3 is 0 Å². The fourth-order valence-electron chi connectivity index (χ4n) is 2.13. The maximum atomic E-state index is 5.84. The first-order valence-electron chi connectivity index (χ1n) is 7.62. The lowest BCUT2D eigenvalue weighted by molar-refractivity contribution is -0.0814. The summed E-state index contributed by atoms with van der Waals surface area (Å²) in [7, 11) is 0. The molecule has 1 aliphatic rings. The van der Waals surface area contributed by atoms with Crippen molar-refractivity contribution in [2.45, 2.75) is 46.3 Å². The summed E-state index contributed by atoms with van der Waals surface area (Å²) in [5.41, 5.74) is 2.37. The molecule has 1 aromatic rings. The molecule has 0 aliphatic carbocycles. The molecule has 0 radical (unpaired) electrons. The van der Waals surface area contributed by atoms with Gasteiger partial charge in [-0.1, -0.05) is 27.2 Å². The summed E-state index contributed by atoms with van der Waals surface area (Å²) in [6, 6.07) is 4.23. The van der Waals surface area contributed by atoms with E-state index < -0.39 is 0 Å². The summed E-state index contributed by atoms with van der Waals surface area (Å²) in [6.07, 6.45) is 2.27. The highest BCUT2D eigenvalue weighted by molar-refractivity contribution is 5.25. The van der Waals surface area contributed by atoms with E-state index in [4.69, 9.17) is 9.47 Å². The van der Waals surface area contributed by atoms with Crippen molar-refractivity contribution in [3.05, 3.63) is 23.4 Å². The molecule has 1 aliphatic heterocycles. The number of aryl methyl sites for hydroxylation is 1. The van der Waals surface area contributed by atoms with Crippen LogP contribution in [0.5, 0.6) is 5.88 Å². The zero-order valence-corrected chi connectivity index (χ0v) is 12.8. The van der Waals surface area contributed by atoms with E-state index in [0.29, 0.717) is 19.1 Å². The number of nitrogens with one attached hydrogen (secondary N) is 1. The van der Waals surface area contributed by atoms with E-state index in [9.17, 15) is 0 Å². The molecule has 0 saturated carbocycles. The molecule has 2 rings (SSSR count). The molecule has 1 aromatic heterocycles. The first-order valence-corrected chi connectivity index (χ1v) is 7.62. The lowest BCUT2D eigenvalue weighted by atomic mass is 10.1. The summed E-state index contributed by atoms with van der Waals surface area (Å²) < 4.78 is 11.0. The highest BCUT2D eigenvalue weighted by atomic mass is 16.6. The van der Waals surface area contributed by atoms with Crippen LogP contribution in [-0.2, 0) is 17.7 Å². The van der Waals surface area contributed by atoms with Crippen molar-refractivity contribution in [2.75, 3.05) is 19.8 Å². The minimum absolute atomic E-state index is 0.177. The first-order chi connectivity index (χ1) is 9.67. The molecular formula is C16H26N2O2. The third-order valence-electron chi connectivity index (χ3n) is 3.20. The van der Waals surface area contributed by atoms with Gasteiger partial charge in [0.05, 0.1) is 13.2 Å². The molecule has 0 amide bonds. The highest BCUT2D eigenvalue weighted by Crippen LogP contribution is 2.18. The molecule has 1 fully saturated rings. The normalized spacial score (nSPS) is 15.4. The van der Waals surface area contributed by atoms with Crippen molar-refractivity contribution in [3.63, 3.8) is 0 Å². The van der Waals surface area contributed by atoms with Gasteiger partial charge in [-0.05, 0) is 30.5 Å². The van der Waals surface area contributed by atoms with Crippen LogP contribution in [0.25, 0.3) is 0 Å². The topological polar surface area (TPSA) is 43.4 Å². The zero-order valence-electron chi connectivity index (χ0n) is 12.8. The molecule has 20 heavy (non-hydrogen) atoms. The van der Waals surface area contributed by atoms with Crippen molar-refractivity contribution in [3.8, 4) is 5.88 Å². The average Bonchev–Trinajstić information content (AvgIpc) is 2.34. The van der Waals surface area contributed by atoms with Gasteiger partial charge in [-0.25, -0.2) is 4.98 Å². The van der Waals surface area contributed by atoms with Crippen molar-refractivity contribution in [1.29, 1.82) is 0 Å². The van der Waals surface area contributed by atoms with Gasteiger partial charge in [0.1, 0.15) is 6.10 Å². The largest absolute Gasteiger partial charge is 0.469 e. The predicted octanol–water partition coefficient (Wildman–Crippen LogP) is 2.56. The number of pyridine rings is 1. The van der Waals surface area contributed by atoms with Crippen LogP contribution in [0.2, 0.25) is 0 Å². The minimum atomic E-state index is 0.177. The molecule has 0 unspecified atom stereocenters. The van der Waals surface area contributed by atoms with Crippen LogP contribution >= 0.6 is 0 Å². The van der Waals surface area contributed by atoms with Crippen LogP contribution in [0.1, 0.15) is 38.4 Å². The molecule has 1 N–H and O–H groups in total. The van der Waals surface area contributed by atoms with Crippen LogP contribution in [0.4, 0.5) is 0 Å². The van der Waals surface area contributed by atoms with E-state index in [1.54, 1.807) is 0 Å². The smallest absolute Gasteiger partial charge is 0.214 e. The second kappa shape index (κ2) is 7.60. The first kappa shape index (κ1) is 15.3. The Morgan fingerprint density at radius 2 is 2.20 bits per heavy atom. The Morgan fingerprint density at radius 3 is 2.80 bits per heavy atom. The lowest BCUT2D eigenvalue weighted by Crippen LogP contribution is -2.38. The van der Waals surface area contributed by atoms with E-state index in [1.165, 1.54) is 5.56 Å². The Balaban J connectivity index is 2.00. The molecule has 0 atom stereocenters. The van der Waals surface area contributed by atoms with E-state index in [2.05, 4.69) is 37.1 Å². The second-order valence-corrected chi connectivity index (χ2v) is 5.86. The van der Waals surface area contributed by atoms with Gasteiger partial charge < -0.3 is 14.8 Å². The number of aromatic nitrogens is 1. The third kappa shape index (κ3) is 4.76. The molecule has 0 bridgehead atoms. The Morgan fingerprint density at radius 1 is 1.40 bits per heavy atom.